The van der Waals surface area contributed by atoms with Crippen LogP contribution in [0, 0.1) is 0 Å². The first-order valence-electron chi connectivity index (χ1n) is 6.95. The topological polar surface area (TPSA) is 95.6 Å². The first kappa shape index (κ1) is 15.2. The van der Waals surface area contributed by atoms with Gasteiger partial charge in [-0.3, -0.25) is 9.69 Å². The smallest absolute Gasteiger partial charge is 0.322 e. The highest BCUT2D eigenvalue weighted by Gasteiger charge is 2.51. The fourth-order valence-electron chi connectivity index (χ4n) is 2.66. The van der Waals surface area contributed by atoms with Crippen molar-refractivity contribution in [2.45, 2.75) is 31.7 Å². The number of piperidine rings is 1. The zero-order valence-corrected chi connectivity index (χ0v) is 12.5. The van der Waals surface area contributed by atoms with E-state index in [1.54, 1.807) is 6.92 Å². The van der Waals surface area contributed by atoms with Gasteiger partial charge in [-0.25, -0.2) is 13.2 Å². The molecule has 0 bridgehead atoms. The van der Waals surface area contributed by atoms with Crippen molar-refractivity contribution in [2.24, 2.45) is 0 Å². The molecule has 2 aliphatic rings. The summed E-state index contributed by atoms with van der Waals surface area (Å²) in [5.41, 5.74) is -0.820. The summed E-state index contributed by atoms with van der Waals surface area (Å²) in [5.74, 6) is -0.143. The number of rotatable bonds is 5. The molecule has 2 N–H and O–H groups in total. The molecule has 0 radical (unpaired) electrons. The van der Waals surface area contributed by atoms with Crippen molar-refractivity contribution in [3.8, 4) is 0 Å². The summed E-state index contributed by atoms with van der Waals surface area (Å²) >= 11 is 0. The van der Waals surface area contributed by atoms with Gasteiger partial charge in [-0.1, -0.05) is 6.92 Å². The second kappa shape index (κ2) is 5.69. The van der Waals surface area contributed by atoms with Gasteiger partial charge >= 0.3 is 6.03 Å². The van der Waals surface area contributed by atoms with Crippen LogP contribution in [0.4, 0.5) is 4.79 Å². The molecule has 0 saturated carbocycles. The van der Waals surface area contributed by atoms with Crippen LogP contribution >= 0.6 is 0 Å². The molecule has 2 saturated heterocycles. The van der Waals surface area contributed by atoms with E-state index in [2.05, 4.69) is 10.6 Å². The van der Waals surface area contributed by atoms with Gasteiger partial charge in [0.2, 0.25) is 0 Å². The number of urea groups is 1. The number of nitrogens with one attached hydrogen (secondary N) is 2. The Morgan fingerprint density at radius 3 is 2.70 bits per heavy atom. The Labute approximate surface area is 119 Å². The third kappa shape index (κ3) is 2.95. The molecule has 2 rings (SSSR count). The second-order valence-electron chi connectivity index (χ2n) is 5.34. The van der Waals surface area contributed by atoms with Gasteiger partial charge in [0.05, 0.1) is 5.75 Å². The Bertz CT molecular complexity index is 497. The Hall–Kier alpha value is -1.15. The van der Waals surface area contributed by atoms with Crippen LogP contribution in [0.25, 0.3) is 0 Å². The fraction of sp³-hybridized carbons (Fsp3) is 0.833. The molecular formula is C12H21N3O4S. The number of hydrogen-bond donors (Lipinski definition) is 2. The third-order valence-corrected chi connectivity index (χ3v) is 5.70. The molecule has 8 heteroatoms. The minimum atomic E-state index is -3.06. The number of carbonyl (C=O) groups is 2. The summed E-state index contributed by atoms with van der Waals surface area (Å²) in [6.45, 7) is 3.04. The number of carbonyl (C=O) groups excluding carboxylic acids is 2. The van der Waals surface area contributed by atoms with Crippen molar-refractivity contribution in [1.29, 1.82) is 0 Å². The maximum Gasteiger partial charge on any atom is 0.325 e. The minimum absolute atomic E-state index is 0.00576. The molecule has 1 spiro atoms. The lowest BCUT2D eigenvalue weighted by atomic mass is 9.90. The maximum absolute atomic E-state index is 12.4. The van der Waals surface area contributed by atoms with Crippen LogP contribution in [-0.4, -0.2) is 61.9 Å². The van der Waals surface area contributed by atoms with E-state index in [0.29, 0.717) is 19.4 Å². The molecule has 2 fully saturated rings. The van der Waals surface area contributed by atoms with Crippen molar-refractivity contribution in [1.82, 2.24) is 15.5 Å². The van der Waals surface area contributed by atoms with Crippen LogP contribution in [0.2, 0.25) is 0 Å². The summed E-state index contributed by atoms with van der Waals surface area (Å²) in [4.78, 5) is 25.4. The Kier molecular flexibility index (Phi) is 4.33. The van der Waals surface area contributed by atoms with Crippen LogP contribution in [0.1, 0.15) is 26.2 Å². The normalized spacial score (nSPS) is 27.1. The van der Waals surface area contributed by atoms with Gasteiger partial charge in [-0.2, -0.15) is 0 Å². The van der Waals surface area contributed by atoms with E-state index < -0.39 is 21.4 Å². The van der Waals surface area contributed by atoms with Gasteiger partial charge in [0.1, 0.15) is 15.4 Å². The molecule has 0 aromatic carbocycles. The molecule has 3 amide bonds. The zero-order valence-electron chi connectivity index (χ0n) is 11.6. The van der Waals surface area contributed by atoms with Crippen LogP contribution in [0.3, 0.4) is 0 Å². The summed E-state index contributed by atoms with van der Waals surface area (Å²) in [7, 11) is -3.06. The van der Waals surface area contributed by atoms with Gasteiger partial charge in [-0.15, -0.1) is 0 Å². The monoisotopic (exact) mass is 303 g/mol. The number of sulfone groups is 1. The highest BCUT2D eigenvalue weighted by atomic mass is 32.2. The van der Waals surface area contributed by atoms with Crippen molar-refractivity contribution in [3.05, 3.63) is 0 Å². The number of hydrogen-bond acceptors (Lipinski definition) is 5. The summed E-state index contributed by atoms with van der Waals surface area (Å²) in [6.07, 6.45) is 1.76. The predicted octanol–water partition coefficient (Wildman–Crippen LogP) is -0.515. The standard InChI is InChI=1S/C12H21N3O4S/c1-2-20(18,19)8-4-7-15-10(16)12(14-11(15)17)5-3-6-13-9-12/h13H,2-9H2,1H3,(H,14,17). The Balaban J connectivity index is 1.96. The van der Waals surface area contributed by atoms with Crippen LogP contribution in [0.15, 0.2) is 0 Å². The van der Waals surface area contributed by atoms with Crippen molar-refractivity contribution in [2.75, 3.05) is 31.1 Å². The van der Waals surface area contributed by atoms with E-state index in [0.717, 1.165) is 17.9 Å². The highest BCUT2D eigenvalue weighted by molar-refractivity contribution is 7.91. The van der Waals surface area contributed by atoms with E-state index in [-0.39, 0.29) is 24.0 Å². The molecule has 0 aliphatic carbocycles. The van der Waals surface area contributed by atoms with Gasteiger partial charge in [-0.05, 0) is 25.8 Å². The van der Waals surface area contributed by atoms with Crippen molar-refractivity contribution in [3.63, 3.8) is 0 Å². The van der Waals surface area contributed by atoms with E-state index >= 15 is 0 Å². The van der Waals surface area contributed by atoms with E-state index in [4.69, 9.17) is 0 Å². The second-order valence-corrected chi connectivity index (χ2v) is 7.81. The molecule has 0 aromatic heterocycles. The molecule has 1 atom stereocenters. The fourth-order valence-corrected chi connectivity index (χ4v) is 3.52. The zero-order chi connectivity index (χ0) is 14.8. The number of amides is 3. The lowest BCUT2D eigenvalue weighted by Crippen LogP contribution is -2.57. The highest BCUT2D eigenvalue weighted by Crippen LogP contribution is 2.25. The molecular weight excluding hydrogens is 282 g/mol. The van der Waals surface area contributed by atoms with Gasteiger partial charge < -0.3 is 10.6 Å². The van der Waals surface area contributed by atoms with Crippen LogP contribution < -0.4 is 10.6 Å². The Morgan fingerprint density at radius 1 is 1.35 bits per heavy atom. The van der Waals surface area contributed by atoms with Crippen molar-refractivity contribution >= 4 is 21.8 Å². The summed E-state index contributed by atoms with van der Waals surface area (Å²) < 4.78 is 22.8. The molecule has 20 heavy (non-hydrogen) atoms. The third-order valence-electron chi connectivity index (χ3n) is 3.91. The lowest BCUT2D eigenvalue weighted by Gasteiger charge is -2.31. The van der Waals surface area contributed by atoms with Gasteiger partial charge in [0.15, 0.2) is 0 Å². The quantitative estimate of drug-likeness (QED) is 0.667. The van der Waals surface area contributed by atoms with E-state index in [1.807, 2.05) is 0 Å². The maximum atomic E-state index is 12.4. The summed E-state index contributed by atoms with van der Waals surface area (Å²) in [5, 5.41) is 5.88. The molecule has 0 aromatic rings. The van der Waals surface area contributed by atoms with Gasteiger partial charge in [0.25, 0.3) is 5.91 Å². The summed E-state index contributed by atoms with van der Waals surface area (Å²) in [6, 6.07) is -0.410. The lowest BCUT2D eigenvalue weighted by molar-refractivity contribution is -0.131. The molecule has 1 unspecified atom stereocenters. The largest absolute Gasteiger partial charge is 0.325 e. The van der Waals surface area contributed by atoms with Gasteiger partial charge in [0, 0.05) is 18.8 Å². The Morgan fingerprint density at radius 2 is 2.10 bits per heavy atom. The van der Waals surface area contributed by atoms with E-state index in [9.17, 15) is 18.0 Å². The van der Waals surface area contributed by atoms with Crippen LogP contribution in [0.5, 0.6) is 0 Å². The van der Waals surface area contributed by atoms with Crippen LogP contribution in [-0.2, 0) is 14.6 Å². The first-order valence-corrected chi connectivity index (χ1v) is 8.78. The SMILES string of the molecule is CCS(=O)(=O)CCCN1C(=O)NC2(CCCNC2)C1=O. The molecule has 2 aliphatic heterocycles. The molecule has 2 heterocycles. The first-order chi connectivity index (χ1) is 9.40. The molecule has 7 nitrogen and oxygen atoms in total. The average molecular weight is 303 g/mol. The predicted molar refractivity (Wildman–Crippen MR) is 74.0 cm³/mol. The van der Waals surface area contributed by atoms with E-state index in [1.165, 1.54) is 0 Å². The van der Waals surface area contributed by atoms with Crippen molar-refractivity contribution < 1.29 is 18.0 Å². The molecule has 114 valence electrons. The minimum Gasteiger partial charge on any atom is -0.322 e. The number of nitrogens with zero attached hydrogens (tertiary/aromatic N) is 1. The number of imide groups is 1. The average Bonchev–Trinajstić information content (AvgIpc) is 2.64.